The number of carbonyl (C=O) groups excluding carboxylic acids is 1. The fraction of sp³-hybridized carbons (Fsp3) is 0.683. The maximum Gasteiger partial charge on any atom is 0.106 e. The van der Waals surface area contributed by atoms with Crippen molar-refractivity contribution in [1.82, 2.24) is 106 Å². The molecular formula is C82H144Cl2N22O. The number of pyridine rings is 5. The van der Waals surface area contributed by atoms with Gasteiger partial charge in [0.1, 0.15) is 6.79 Å². The van der Waals surface area contributed by atoms with E-state index in [0.717, 1.165) is 220 Å². The lowest BCUT2D eigenvalue weighted by atomic mass is 10.2. The van der Waals surface area contributed by atoms with Crippen LogP contribution in [0.25, 0.3) is 0 Å². The van der Waals surface area contributed by atoms with E-state index < -0.39 is 0 Å². The third-order valence-electron chi connectivity index (χ3n) is 20.9. The zero-order valence-corrected chi connectivity index (χ0v) is 68.1. The van der Waals surface area contributed by atoms with Crippen molar-refractivity contribution in [3.8, 4) is 0 Å². The van der Waals surface area contributed by atoms with Crippen LogP contribution in [0.15, 0.2) is 122 Å². The molecule has 5 aromatic heterocycles. The number of rotatable bonds is 16. The molecule has 6 fully saturated rings. The molecule has 107 heavy (non-hydrogen) atoms. The van der Waals surface area contributed by atoms with E-state index in [1.807, 2.05) is 74.0 Å². The highest BCUT2D eigenvalue weighted by molar-refractivity contribution is 6.16. The number of alkyl halides is 1. The molecule has 11 rings (SSSR count). The zero-order valence-electron chi connectivity index (χ0n) is 66.6. The maximum atomic E-state index is 8.00. The molecular weight excluding hydrogens is 1380 g/mol. The molecule has 25 heteroatoms. The van der Waals surface area contributed by atoms with Crippen LogP contribution in [0.2, 0.25) is 0 Å². The second kappa shape index (κ2) is 61.9. The Bertz CT molecular complexity index is 2610. The average molecular weight is 1530 g/mol. The van der Waals surface area contributed by atoms with Crippen molar-refractivity contribution < 1.29 is 21.7 Å². The predicted molar refractivity (Wildman–Crippen MR) is 440 cm³/mol. The molecule has 602 valence electrons. The van der Waals surface area contributed by atoms with Gasteiger partial charge in [-0.05, 0) is 211 Å². The van der Waals surface area contributed by atoms with Gasteiger partial charge in [0, 0.05) is 201 Å². The summed E-state index contributed by atoms with van der Waals surface area (Å²) in [6.07, 6.45) is 20.5. The van der Waals surface area contributed by atoms with Gasteiger partial charge < -0.3 is 63.8 Å². The first-order valence-electron chi connectivity index (χ1n) is 41.1. The lowest BCUT2D eigenvalue weighted by molar-refractivity contribution is -0.923. The van der Waals surface area contributed by atoms with E-state index in [1.54, 1.807) is 6.20 Å². The van der Waals surface area contributed by atoms with Gasteiger partial charge >= 0.3 is 0 Å². The second-order valence-electron chi connectivity index (χ2n) is 28.9. The van der Waals surface area contributed by atoms with Crippen molar-refractivity contribution in [2.75, 3.05) is 255 Å². The number of nitrogens with zero attached hydrogens (tertiary/aromatic N) is 15. The van der Waals surface area contributed by atoms with Crippen molar-refractivity contribution in [2.24, 2.45) is 0 Å². The summed E-state index contributed by atoms with van der Waals surface area (Å²) in [6, 6.07) is 30.6. The summed E-state index contributed by atoms with van der Waals surface area (Å²) in [5, 5.41) is 24.6. The van der Waals surface area contributed by atoms with Crippen molar-refractivity contribution in [2.45, 2.75) is 111 Å². The average Bonchev–Trinajstić information content (AvgIpc) is 0.861. The summed E-state index contributed by atoms with van der Waals surface area (Å²) in [4.78, 5) is 53.6. The fourth-order valence-electron chi connectivity index (χ4n) is 14.4. The van der Waals surface area contributed by atoms with Crippen LogP contribution in [0.1, 0.15) is 107 Å². The number of hydrogen-bond acceptors (Lipinski definition) is 22. The predicted octanol–water partition coefficient (Wildman–Crippen LogP) is 3.20. The van der Waals surface area contributed by atoms with Gasteiger partial charge in [0.25, 0.3) is 0 Å². The molecule has 7 N–H and O–H groups in total. The largest absolute Gasteiger partial charge is 1.00 e. The second-order valence-corrected chi connectivity index (χ2v) is 29.2. The van der Waals surface area contributed by atoms with Crippen LogP contribution in [-0.4, -0.2) is 336 Å². The number of nitrogens with one attached hydrogen (secondary N) is 7. The summed E-state index contributed by atoms with van der Waals surface area (Å²) in [5.74, 6) is 0.501. The maximum absolute atomic E-state index is 8.00. The summed E-state index contributed by atoms with van der Waals surface area (Å²) in [7, 11) is 0. The summed E-state index contributed by atoms with van der Waals surface area (Å²) >= 11 is 5.46. The molecule has 0 spiro atoms. The number of fused-ring (bicyclic) bond motifs is 4. The normalized spacial score (nSPS) is 22.1. The highest BCUT2D eigenvalue weighted by atomic mass is 35.5. The molecule has 0 aliphatic carbocycles. The molecule has 6 aliphatic rings. The van der Waals surface area contributed by atoms with Crippen LogP contribution < -0.4 is 49.6 Å². The minimum Gasteiger partial charge on any atom is -1.00 e. The van der Waals surface area contributed by atoms with Gasteiger partial charge in [-0.25, -0.2) is 0 Å². The van der Waals surface area contributed by atoms with E-state index in [9.17, 15) is 0 Å². The van der Waals surface area contributed by atoms with Crippen molar-refractivity contribution in [3.63, 3.8) is 0 Å². The fourth-order valence-corrected chi connectivity index (χ4v) is 14.6. The van der Waals surface area contributed by atoms with Gasteiger partial charge in [-0.2, -0.15) is 0 Å². The van der Waals surface area contributed by atoms with Gasteiger partial charge in [-0.1, -0.05) is 30.3 Å². The van der Waals surface area contributed by atoms with Crippen LogP contribution in [0.5, 0.6) is 0 Å². The van der Waals surface area contributed by atoms with Crippen LogP contribution >= 0.6 is 11.6 Å². The Kier molecular flexibility index (Phi) is 53.8. The monoisotopic (exact) mass is 1520 g/mol. The third kappa shape index (κ3) is 43.6. The minimum atomic E-state index is 0. The minimum absolute atomic E-state index is 0. The number of hydrogen-bond donors (Lipinski definition) is 7. The summed E-state index contributed by atoms with van der Waals surface area (Å²) in [5.41, 5.74) is 5.58. The lowest BCUT2D eigenvalue weighted by Gasteiger charge is -2.42. The number of carbonyl (C=O) groups is 1. The van der Waals surface area contributed by atoms with E-state index in [2.05, 4.69) is 176 Å². The van der Waals surface area contributed by atoms with Gasteiger partial charge in [-0.3, -0.25) is 64.1 Å². The third-order valence-corrected chi connectivity index (χ3v) is 21.2. The van der Waals surface area contributed by atoms with Crippen molar-refractivity contribution in [3.05, 3.63) is 150 Å². The molecule has 11 heterocycles. The van der Waals surface area contributed by atoms with Gasteiger partial charge in [0.15, 0.2) is 0 Å². The topological polar surface area (TPSA) is 195 Å². The Labute approximate surface area is 659 Å². The molecule has 4 unspecified atom stereocenters. The van der Waals surface area contributed by atoms with E-state index in [-0.39, 0.29) is 12.4 Å². The SMILES string of the molecule is C1CN2CCN3CCCN(CCN(C1)C2)C3.C1CNCCNCCCNCCNC1.C=O.CC[N+](CC)(CC)CCCN1CCCN(Cc2ccccn2)CCNCCCN(Cc2ccccn2)CC1.ClCc1ccccn1.[Cl-].c1ccc(CN2CCCNCCN(Cc3ccccn3)CCCNCC2)nc1. The molecule has 4 atom stereocenters. The Hall–Kier alpha value is -4.68. The van der Waals surface area contributed by atoms with Crippen LogP contribution in [-0.2, 0) is 36.9 Å². The Morgan fingerprint density at radius 3 is 0.916 bits per heavy atom. The standard InChI is InChI=1S/C31H54N7.C22H34N6.C12H24N4.C10H24N4.C6H6ClN.CH2O.ClH/c1-4-38(5-2,6-3)27-13-23-35-21-12-22-36(28-30-14-7-9-17-33-30)24-19-32-16-11-20-37(26-25-35)29-31-15-8-10-18-34-31;1-3-11-25-21(7-1)19-27-15-5-9-24-14-18-28(16-6-10-23-13-17-27)20-22-8-2-4-12-26-22;1-3-13-7-9-15-5-2-6-16(12-15)10-8-14(4-1)11-13;1-3-11-7-9-13-5-2-6-14-10-8-12-4-1;7-5-6-3-1-2-4-8-6;1-2;/h7-10,14-15,17-18,32H,4-6,11-13,16,19-29H2,1-3H3;1-4,7-8,11-12,23-24H,5-6,9-10,13-20H2;1-12H2;11-14H,1-10H2;1-4H,5H2;1H2;1H/q+1;;;;;;/p-1. The highest BCUT2D eigenvalue weighted by Crippen LogP contribution is 2.14. The van der Waals surface area contributed by atoms with E-state index >= 15 is 0 Å². The Morgan fingerprint density at radius 2 is 0.607 bits per heavy atom. The molecule has 0 amide bonds. The van der Waals surface area contributed by atoms with Gasteiger partial charge in [0.05, 0.1) is 73.9 Å². The molecule has 0 saturated carbocycles. The Balaban J connectivity index is 0.000000259. The first-order chi connectivity index (χ1) is 52.4. The highest BCUT2D eigenvalue weighted by Gasteiger charge is 2.25. The van der Waals surface area contributed by atoms with Gasteiger partial charge in [0.2, 0.25) is 0 Å². The number of quaternary nitrogens is 1. The lowest BCUT2D eigenvalue weighted by Crippen LogP contribution is -3.00. The Morgan fingerprint density at radius 1 is 0.327 bits per heavy atom. The molecule has 0 aromatic carbocycles. The number of halogens is 2. The van der Waals surface area contributed by atoms with Crippen molar-refractivity contribution in [1.29, 1.82) is 0 Å². The molecule has 4 bridgehead atoms. The molecule has 23 nitrogen and oxygen atoms in total. The zero-order chi connectivity index (χ0) is 74.7. The van der Waals surface area contributed by atoms with Crippen molar-refractivity contribution >= 4 is 18.4 Å². The van der Waals surface area contributed by atoms with E-state index in [4.69, 9.17) is 16.4 Å². The first kappa shape index (κ1) is 92.9. The molecule has 0 radical (unpaired) electrons. The molecule has 6 aliphatic heterocycles. The van der Waals surface area contributed by atoms with Gasteiger partial charge in [-0.15, -0.1) is 11.6 Å². The summed E-state index contributed by atoms with van der Waals surface area (Å²) in [6.45, 7) is 57.9. The molecule has 6 saturated heterocycles. The number of aromatic nitrogens is 5. The van der Waals surface area contributed by atoms with Crippen LogP contribution in [0.4, 0.5) is 0 Å². The molecule has 5 aromatic rings. The quantitative estimate of drug-likeness (QED) is 0.0562. The first-order valence-corrected chi connectivity index (χ1v) is 41.6. The van der Waals surface area contributed by atoms with E-state index in [1.165, 1.54) is 153 Å². The van der Waals surface area contributed by atoms with E-state index in [0.29, 0.717) is 5.88 Å². The van der Waals surface area contributed by atoms with Crippen LogP contribution in [0, 0.1) is 0 Å². The smallest absolute Gasteiger partial charge is 0.106 e. The summed E-state index contributed by atoms with van der Waals surface area (Å²) < 4.78 is 1.24. The van der Waals surface area contributed by atoms with Crippen LogP contribution in [0.3, 0.4) is 0 Å².